The van der Waals surface area contributed by atoms with E-state index in [1.165, 1.54) is 15.5 Å². The van der Waals surface area contributed by atoms with E-state index in [4.69, 9.17) is 0 Å². The standard InChI is InChI=1S/C15H19N3S/c1-12(17(3)4)5-6-13(2)19-15-8-7-14-9-10-16-18(14)11-15/h5-11H,1-4H3/b12-5-,13-6+. The average Bonchev–Trinajstić information content (AvgIpc) is 2.83. The first kappa shape index (κ1) is 13.7. The first-order valence-electron chi connectivity index (χ1n) is 6.20. The monoisotopic (exact) mass is 273 g/mol. The molecule has 19 heavy (non-hydrogen) atoms. The van der Waals surface area contributed by atoms with Crippen LogP contribution in [0.4, 0.5) is 0 Å². The molecule has 0 N–H and O–H groups in total. The molecule has 0 radical (unpaired) electrons. The van der Waals surface area contributed by atoms with E-state index in [1.54, 1.807) is 11.8 Å². The summed E-state index contributed by atoms with van der Waals surface area (Å²) >= 11 is 1.75. The van der Waals surface area contributed by atoms with E-state index in [0.717, 1.165) is 5.52 Å². The normalized spacial score (nSPS) is 13.1. The van der Waals surface area contributed by atoms with Crippen LogP contribution in [0.25, 0.3) is 5.52 Å². The minimum Gasteiger partial charge on any atom is -0.381 e. The topological polar surface area (TPSA) is 20.5 Å². The summed E-state index contributed by atoms with van der Waals surface area (Å²) in [5.74, 6) is 0. The molecule has 2 rings (SSSR count). The van der Waals surface area contributed by atoms with E-state index in [9.17, 15) is 0 Å². The van der Waals surface area contributed by atoms with E-state index < -0.39 is 0 Å². The second-order valence-electron chi connectivity index (χ2n) is 4.65. The molecule has 0 amide bonds. The highest BCUT2D eigenvalue weighted by atomic mass is 32.2. The highest BCUT2D eigenvalue weighted by molar-refractivity contribution is 8.03. The Kier molecular flexibility index (Phi) is 4.32. The summed E-state index contributed by atoms with van der Waals surface area (Å²) in [7, 11) is 4.10. The van der Waals surface area contributed by atoms with Crippen LogP contribution in [-0.4, -0.2) is 28.6 Å². The molecule has 0 spiro atoms. The Morgan fingerprint density at radius 3 is 2.74 bits per heavy atom. The maximum atomic E-state index is 4.25. The lowest BCUT2D eigenvalue weighted by Gasteiger charge is -2.11. The molecule has 0 bridgehead atoms. The molecule has 0 unspecified atom stereocenters. The fourth-order valence-corrected chi connectivity index (χ4v) is 2.36. The van der Waals surface area contributed by atoms with Crippen LogP contribution in [0.15, 0.2) is 58.2 Å². The zero-order valence-electron chi connectivity index (χ0n) is 11.8. The first-order chi connectivity index (χ1) is 9.06. The van der Waals surface area contributed by atoms with Crippen molar-refractivity contribution in [1.29, 1.82) is 0 Å². The minimum absolute atomic E-state index is 1.12. The van der Waals surface area contributed by atoms with E-state index in [2.05, 4.69) is 54.3 Å². The Morgan fingerprint density at radius 2 is 2.00 bits per heavy atom. The zero-order valence-corrected chi connectivity index (χ0v) is 12.6. The molecule has 0 aliphatic rings. The predicted octanol–water partition coefficient (Wildman–Crippen LogP) is 3.80. The van der Waals surface area contributed by atoms with Gasteiger partial charge >= 0.3 is 0 Å². The summed E-state index contributed by atoms with van der Waals surface area (Å²) in [4.78, 5) is 4.55. The number of hydrogen-bond acceptors (Lipinski definition) is 3. The molecular weight excluding hydrogens is 254 g/mol. The van der Waals surface area contributed by atoms with Gasteiger partial charge in [-0.2, -0.15) is 5.10 Å². The third-order valence-electron chi connectivity index (χ3n) is 2.91. The van der Waals surface area contributed by atoms with Crippen LogP contribution < -0.4 is 0 Å². The molecule has 0 saturated carbocycles. The van der Waals surface area contributed by atoms with E-state index in [0.29, 0.717) is 0 Å². The molecule has 4 heteroatoms. The Balaban J connectivity index is 2.11. The molecule has 0 saturated heterocycles. The van der Waals surface area contributed by atoms with Gasteiger partial charge in [-0.15, -0.1) is 0 Å². The predicted molar refractivity (Wildman–Crippen MR) is 82.3 cm³/mol. The van der Waals surface area contributed by atoms with Crippen LogP contribution >= 0.6 is 11.8 Å². The summed E-state index contributed by atoms with van der Waals surface area (Å²) in [6.45, 7) is 4.22. The van der Waals surface area contributed by atoms with E-state index in [-0.39, 0.29) is 0 Å². The smallest absolute Gasteiger partial charge is 0.0662 e. The number of thioether (sulfide) groups is 1. The van der Waals surface area contributed by atoms with Gasteiger partial charge in [0.25, 0.3) is 0 Å². The minimum atomic E-state index is 1.12. The van der Waals surface area contributed by atoms with Crippen molar-refractivity contribution in [3.63, 3.8) is 0 Å². The second-order valence-corrected chi connectivity index (χ2v) is 5.97. The summed E-state index contributed by atoms with van der Waals surface area (Å²) < 4.78 is 1.90. The summed E-state index contributed by atoms with van der Waals surface area (Å²) in [6, 6.07) is 6.21. The van der Waals surface area contributed by atoms with Crippen LogP contribution in [0.5, 0.6) is 0 Å². The van der Waals surface area contributed by atoms with Crippen LogP contribution in [0.1, 0.15) is 13.8 Å². The highest BCUT2D eigenvalue weighted by Gasteiger charge is 1.99. The number of allylic oxidation sites excluding steroid dienone is 4. The quantitative estimate of drug-likeness (QED) is 0.624. The Labute approximate surface area is 118 Å². The van der Waals surface area contributed by atoms with Crippen LogP contribution in [-0.2, 0) is 0 Å². The Bertz CT molecular complexity index is 623. The number of hydrogen-bond donors (Lipinski definition) is 0. The maximum absolute atomic E-state index is 4.25. The first-order valence-corrected chi connectivity index (χ1v) is 7.01. The molecular formula is C15H19N3S. The van der Waals surface area contributed by atoms with Crippen molar-refractivity contribution in [2.75, 3.05) is 14.1 Å². The van der Waals surface area contributed by atoms with Crippen molar-refractivity contribution < 1.29 is 0 Å². The fourth-order valence-electron chi connectivity index (χ4n) is 1.56. The lowest BCUT2D eigenvalue weighted by atomic mass is 10.4. The van der Waals surface area contributed by atoms with Crippen LogP contribution in [0, 0.1) is 0 Å². The third kappa shape index (κ3) is 3.64. The van der Waals surface area contributed by atoms with Gasteiger partial charge in [0, 0.05) is 37.1 Å². The molecule has 0 atom stereocenters. The van der Waals surface area contributed by atoms with Gasteiger partial charge < -0.3 is 4.90 Å². The van der Waals surface area contributed by atoms with Crippen molar-refractivity contribution in [3.05, 3.63) is 53.3 Å². The molecule has 2 heterocycles. The van der Waals surface area contributed by atoms with Crippen LogP contribution in [0.2, 0.25) is 0 Å². The van der Waals surface area contributed by atoms with Crippen molar-refractivity contribution in [3.8, 4) is 0 Å². The number of nitrogens with zero attached hydrogens (tertiary/aromatic N) is 3. The molecule has 2 aromatic heterocycles. The Morgan fingerprint density at radius 1 is 1.21 bits per heavy atom. The number of fused-ring (bicyclic) bond motifs is 1. The Hall–Kier alpha value is -1.68. The fraction of sp³-hybridized carbons (Fsp3) is 0.267. The van der Waals surface area contributed by atoms with Gasteiger partial charge in [-0.25, -0.2) is 4.52 Å². The van der Waals surface area contributed by atoms with Gasteiger partial charge in [-0.05, 0) is 43.0 Å². The number of aromatic nitrogens is 2. The third-order valence-corrected chi connectivity index (χ3v) is 3.85. The second kappa shape index (κ2) is 5.97. The van der Waals surface area contributed by atoms with Gasteiger partial charge in [0.05, 0.1) is 5.52 Å². The lowest BCUT2D eigenvalue weighted by Crippen LogP contribution is -2.07. The summed E-state index contributed by atoms with van der Waals surface area (Å²) in [5.41, 5.74) is 2.36. The van der Waals surface area contributed by atoms with E-state index in [1.807, 2.05) is 30.9 Å². The molecule has 0 aromatic carbocycles. The molecule has 0 aliphatic carbocycles. The zero-order chi connectivity index (χ0) is 13.8. The lowest BCUT2D eigenvalue weighted by molar-refractivity contribution is 0.514. The van der Waals surface area contributed by atoms with Crippen molar-refractivity contribution in [2.24, 2.45) is 0 Å². The highest BCUT2D eigenvalue weighted by Crippen LogP contribution is 2.26. The largest absolute Gasteiger partial charge is 0.381 e. The molecule has 2 aromatic rings. The number of rotatable bonds is 4. The van der Waals surface area contributed by atoms with Crippen LogP contribution in [0.3, 0.4) is 0 Å². The molecule has 100 valence electrons. The summed E-state index contributed by atoms with van der Waals surface area (Å²) in [6.07, 6.45) is 8.15. The SMILES string of the molecule is C/C(=C/C=C(\C)Sc1ccc2ccnn2c1)N(C)C. The van der Waals surface area contributed by atoms with Crippen molar-refractivity contribution in [1.82, 2.24) is 14.5 Å². The number of pyridine rings is 1. The summed E-state index contributed by atoms with van der Waals surface area (Å²) in [5, 5.41) is 4.25. The van der Waals surface area contributed by atoms with Gasteiger partial charge in [0.1, 0.15) is 0 Å². The van der Waals surface area contributed by atoms with E-state index >= 15 is 0 Å². The van der Waals surface area contributed by atoms with Gasteiger partial charge in [-0.3, -0.25) is 0 Å². The van der Waals surface area contributed by atoms with Crippen molar-refractivity contribution in [2.45, 2.75) is 18.7 Å². The molecule has 3 nitrogen and oxygen atoms in total. The van der Waals surface area contributed by atoms with Gasteiger partial charge in [-0.1, -0.05) is 17.8 Å². The average molecular weight is 273 g/mol. The molecule has 0 aliphatic heterocycles. The van der Waals surface area contributed by atoms with Gasteiger partial charge in [0.15, 0.2) is 0 Å². The molecule has 0 fully saturated rings. The van der Waals surface area contributed by atoms with Gasteiger partial charge in [0.2, 0.25) is 0 Å². The van der Waals surface area contributed by atoms with Crippen molar-refractivity contribution >= 4 is 17.3 Å². The maximum Gasteiger partial charge on any atom is 0.0662 e.